The van der Waals surface area contributed by atoms with E-state index in [1.54, 1.807) is 0 Å². The van der Waals surface area contributed by atoms with Crippen LogP contribution in [0.3, 0.4) is 0 Å². The topological polar surface area (TPSA) is 48.1 Å². The first kappa shape index (κ1) is 6.61. The van der Waals surface area contributed by atoms with Gasteiger partial charge in [0.25, 0.3) is 0 Å². The SMILES string of the molecule is NCc1cnc2c(c1)OCC2. The Labute approximate surface area is 65.2 Å². The molecule has 2 heterocycles. The minimum Gasteiger partial charge on any atom is -0.491 e. The van der Waals surface area contributed by atoms with Crippen molar-refractivity contribution in [1.29, 1.82) is 0 Å². The molecule has 3 heteroatoms. The minimum absolute atomic E-state index is 0.531. The molecule has 0 saturated carbocycles. The van der Waals surface area contributed by atoms with Crippen LogP contribution in [0, 0.1) is 0 Å². The Balaban J connectivity index is 2.41. The van der Waals surface area contributed by atoms with Gasteiger partial charge in [-0.05, 0) is 11.6 Å². The van der Waals surface area contributed by atoms with E-state index in [1.165, 1.54) is 0 Å². The van der Waals surface area contributed by atoms with Crippen LogP contribution in [0.15, 0.2) is 12.3 Å². The van der Waals surface area contributed by atoms with Crippen LogP contribution < -0.4 is 10.5 Å². The molecule has 2 N–H and O–H groups in total. The number of hydrogen-bond acceptors (Lipinski definition) is 3. The number of nitrogens with two attached hydrogens (primary N) is 1. The lowest BCUT2D eigenvalue weighted by Gasteiger charge is -1.99. The van der Waals surface area contributed by atoms with Crippen LogP contribution in [0.1, 0.15) is 11.3 Å². The maximum Gasteiger partial charge on any atom is 0.141 e. The Hall–Kier alpha value is -1.09. The fourth-order valence-electron chi connectivity index (χ4n) is 1.20. The lowest BCUT2D eigenvalue weighted by molar-refractivity contribution is 0.356. The molecule has 1 aliphatic heterocycles. The molecule has 1 aromatic rings. The summed E-state index contributed by atoms with van der Waals surface area (Å²) in [7, 11) is 0. The molecule has 0 amide bonds. The quantitative estimate of drug-likeness (QED) is 0.633. The van der Waals surface area contributed by atoms with E-state index in [9.17, 15) is 0 Å². The molecule has 0 aliphatic carbocycles. The van der Waals surface area contributed by atoms with Gasteiger partial charge in [0.05, 0.1) is 12.3 Å². The highest BCUT2D eigenvalue weighted by molar-refractivity contribution is 5.34. The van der Waals surface area contributed by atoms with Crippen molar-refractivity contribution in [3.05, 3.63) is 23.5 Å². The van der Waals surface area contributed by atoms with Crippen molar-refractivity contribution in [3.63, 3.8) is 0 Å². The standard InChI is InChI=1S/C8H10N2O/c9-4-6-3-8-7(10-5-6)1-2-11-8/h3,5H,1-2,4,9H2. The number of hydrogen-bond donors (Lipinski definition) is 1. The summed E-state index contributed by atoms with van der Waals surface area (Å²) in [4.78, 5) is 4.23. The summed E-state index contributed by atoms with van der Waals surface area (Å²) in [6.45, 7) is 1.29. The van der Waals surface area contributed by atoms with Crippen molar-refractivity contribution in [3.8, 4) is 5.75 Å². The molecule has 0 saturated heterocycles. The van der Waals surface area contributed by atoms with Gasteiger partial charge < -0.3 is 10.5 Å². The van der Waals surface area contributed by atoms with Gasteiger partial charge in [-0.3, -0.25) is 4.98 Å². The van der Waals surface area contributed by atoms with Gasteiger partial charge in [0, 0.05) is 19.2 Å². The van der Waals surface area contributed by atoms with E-state index >= 15 is 0 Å². The Kier molecular flexibility index (Phi) is 1.51. The lowest BCUT2D eigenvalue weighted by atomic mass is 10.2. The van der Waals surface area contributed by atoms with Gasteiger partial charge in [0.2, 0.25) is 0 Å². The van der Waals surface area contributed by atoms with Crippen LogP contribution in [-0.2, 0) is 13.0 Å². The summed E-state index contributed by atoms with van der Waals surface area (Å²) < 4.78 is 5.32. The van der Waals surface area contributed by atoms with Gasteiger partial charge in [0.1, 0.15) is 5.75 Å². The average Bonchev–Trinajstić information content (AvgIpc) is 2.50. The second-order valence-electron chi connectivity index (χ2n) is 2.59. The highest BCUT2D eigenvalue weighted by Crippen LogP contribution is 2.23. The minimum atomic E-state index is 0.531. The normalized spacial score (nSPS) is 14.3. The summed E-state index contributed by atoms with van der Waals surface area (Å²) in [5.74, 6) is 0.910. The molecule has 0 unspecified atom stereocenters. The molecule has 11 heavy (non-hydrogen) atoms. The van der Waals surface area contributed by atoms with Crippen molar-refractivity contribution in [2.24, 2.45) is 5.73 Å². The van der Waals surface area contributed by atoms with Gasteiger partial charge >= 0.3 is 0 Å². The fourth-order valence-corrected chi connectivity index (χ4v) is 1.20. The maximum absolute atomic E-state index is 5.45. The summed E-state index contributed by atoms with van der Waals surface area (Å²) in [5.41, 5.74) is 7.54. The van der Waals surface area contributed by atoms with Crippen molar-refractivity contribution < 1.29 is 4.74 Å². The lowest BCUT2D eigenvalue weighted by Crippen LogP contribution is -1.97. The van der Waals surface area contributed by atoms with Crippen LogP contribution in [0.25, 0.3) is 0 Å². The molecule has 3 nitrogen and oxygen atoms in total. The van der Waals surface area contributed by atoms with E-state index in [-0.39, 0.29) is 0 Å². The molecule has 2 rings (SSSR count). The van der Waals surface area contributed by atoms with E-state index in [0.29, 0.717) is 6.54 Å². The zero-order valence-corrected chi connectivity index (χ0v) is 6.21. The van der Waals surface area contributed by atoms with E-state index < -0.39 is 0 Å². The Morgan fingerprint density at radius 1 is 1.64 bits per heavy atom. The number of pyridine rings is 1. The highest BCUT2D eigenvalue weighted by Gasteiger charge is 2.12. The average molecular weight is 150 g/mol. The third-order valence-corrected chi connectivity index (χ3v) is 1.82. The molecule has 0 bridgehead atoms. The van der Waals surface area contributed by atoms with Gasteiger partial charge in [0.15, 0.2) is 0 Å². The summed E-state index contributed by atoms with van der Waals surface area (Å²) in [5, 5.41) is 0. The summed E-state index contributed by atoms with van der Waals surface area (Å²) >= 11 is 0. The van der Waals surface area contributed by atoms with Crippen LogP contribution in [0.5, 0.6) is 5.75 Å². The predicted molar refractivity (Wildman–Crippen MR) is 41.3 cm³/mol. The Morgan fingerprint density at radius 3 is 3.36 bits per heavy atom. The number of fused-ring (bicyclic) bond motifs is 1. The van der Waals surface area contributed by atoms with Crippen LogP contribution in [0.4, 0.5) is 0 Å². The second-order valence-corrected chi connectivity index (χ2v) is 2.59. The van der Waals surface area contributed by atoms with Gasteiger partial charge in [-0.1, -0.05) is 0 Å². The number of aromatic nitrogens is 1. The molecule has 0 atom stereocenters. The first-order valence-corrected chi connectivity index (χ1v) is 3.71. The van der Waals surface area contributed by atoms with Gasteiger partial charge in [-0.25, -0.2) is 0 Å². The first-order chi connectivity index (χ1) is 5.40. The number of nitrogens with zero attached hydrogens (tertiary/aromatic N) is 1. The molecule has 1 aromatic heterocycles. The molecular weight excluding hydrogens is 140 g/mol. The molecule has 0 aromatic carbocycles. The Morgan fingerprint density at radius 2 is 2.55 bits per heavy atom. The molecule has 0 spiro atoms. The first-order valence-electron chi connectivity index (χ1n) is 3.71. The summed E-state index contributed by atoms with van der Waals surface area (Å²) in [6, 6.07) is 1.97. The van der Waals surface area contributed by atoms with Crippen LogP contribution in [0.2, 0.25) is 0 Å². The molecular formula is C8H10N2O. The third kappa shape index (κ3) is 1.07. The molecule has 0 fully saturated rings. The van der Waals surface area contributed by atoms with E-state index in [1.807, 2.05) is 12.3 Å². The summed E-state index contributed by atoms with van der Waals surface area (Å²) in [6.07, 6.45) is 2.74. The number of ether oxygens (including phenoxy) is 1. The zero-order valence-electron chi connectivity index (χ0n) is 6.21. The monoisotopic (exact) mass is 150 g/mol. The smallest absolute Gasteiger partial charge is 0.141 e. The van der Waals surface area contributed by atoms with E-state index in [0.717, 1.165) is 30.0 Å². The second kappa shape index (κ2) is 2.51. The Bertz CT molecular complexity index is 273. The van der Waals surface area contributed by atoms with Gasteiger partial charge in [-0.15, -0.1) is 0 Å². The van der Waals surface area contributed by atoms with Crippen molar-refractivity contribution >= 4 is 0 Å². The fraction of sp³-hybridized carbons (Fsp3) is 0.375. The highest BCUT2D eigenvalue weighted by atomic mass is 16.5. The predicted octanol–water partition coefficient (Wildman–Crippen LogP) is 0.475. The zero-order chi connectivity index (χ0) is 7.68. The van der Waals surface area contributed by atoms with E-state index in [2.05, 4.69) is 4.98 Å². The van der Waals surface area contributed by atoms with Crippen LogP contribution in [-0.4, -0.2) is 11.6 Å². The van der Waals surface area contributed by atoms with E-state index in [4.69, 9.17) is 10.5 Å². The van der Waals surface area contributed by atoms with Crippen LogP contribution >= 0.6 is 0 Å². The van der Waals surface area contributed by atoms with Crippen molar-refractivity contribution in [2.75, 3.05) is 6.61 Å². The van der Waals surface area contributed by atoms with Crippen molar-refractivity contribution in [2.45, 2.75) is 13.0 Å². The third-order valence-electron chi connectivity index (χ3n) is 1.82. The molecule has 58 valence electrons. The number of rotatable bonds is 1. The largest absolute Gasteiger partial charge is 0.491 e. The maximum atomic E-state index is 5.45. The molecule has 0 radical (unpaired) electrons. The van der Waals surface area contributed by atoms with Gasteiger partial charge in [-0.2, -0.15) is 0 Å². The van der Waals surface area contributed by atoms with Crippen molar-refractivity contribution in [1.82, 2.24) is 4.98 Å². The molecule has 1 aliphatic rings.